The molecule has 1 aromatic carbocycles. The van der Waals surface area contributed by atoms with E-state index >= 15 is 0 Å². The van der Waals surface area contributed by atoms with Gasteiger partial charge in [-0.2, -0.15) is 0 Å². The second kappa shape index (κ2) is 3.77. The second-order valence-electron chi connectivity index (χ2n) is 3.15. The molecule has 0 aliphatic rings. The van der Waals surface area contributed by atoms with Crippen molar-refractivity contribution in [2.45, 2.75) is 6.92 Å². The van der Waals surface area contributed by atoms with Gasteiger partial charge in [0.25, 0.3) is 0 Å². The standard InChI is InChI=1S/C11H10O5/c1-2-15-10-9(13)8-6(12)4-3-5-7(8)16-11(10)14/h3-5,12-13H,2H2,1H3. The maximum absolute atomic E-state index is 11.4. The lowest BCUT2D eigenvalue weighted by Gasteiger charge is -2.07. The molecule has 5 nitrogen and oxygen atoms in total. The van der Waals surface area contributed by atoms with E-state index in [1.54, 1.807) is 6.92 Å². The van der Waals surface area contributed by atoms with Crippen LogP contribution in [-0.4, -0.2) is 16.8 Å². The van der Waals surface area contributed by atoms with Crippen LogP contribution in [0.3, 0.4) is 0 Å². The second-order valence-corrected chi connectivity index (χ2v) is 3.15. The minimum atomic E-state index is -0.766. The minimum Gasteiger partial charge on any atom is -0.507 e. The van der Waals surface area contributed by atoms with Crippen LogP contribution in [0, 0.1) is 0 Å². The SMILES string of the molecule is CCOc1c(O)c2c(O)cccc2oc1=O. The monoisotopic (exact) mass is 222 g/mol. The van der Waals surface area contributed by atoms with E-state index in [0.717, 1.165) is 0 Å². The zero-order valence-electron chi connectivity index (χ0n) is 8.56. The lowest BCUT2D eigenvalue weighted by molar-refractivity contribution is 0.301. The highest BCUT2D eigenvalue weighted by Gasteiger charge is 2.17. The van der Waals surface area contributed by atoms with Gasteiger partial charge in [0.05, 0.1) is 6.61 Å². The Kier molecular flexibility index (Phi) is 2.44. The summed E-state index contributed by atoms with van der Waals surface area (Å²) >= 11 is 0. The first-order chi connectivity index (χ1) is 7.65. The van der Waals surface area contributed by atoms with Gasteiger partial charge in [-0.25, -0.2) is 4.79 Å². The third-order valence-corrected chi connectivity index (χ3v) is 2.13. The molecule has 1 heterocycles. The van der Waals surface area contributed by atoms with Crippen molar-refractivity contribution >= 4 is 11.0 Å². The first kappa shape index (κ1) is 10.4. The van der Waals surface area contributed by atoms with E-state index in [-0.39, 0.29) is 29.1 Å². The minimum absolute atomic E-state index is 0.0746. The molecule has 2 aromatic rings. The normalized spacial score (nSPS) is 10.6. The van der Waals surface area contributed by atoms with Gasteiger partial charge in [-0.05, 0) is 19.1 Å². The van der Waals surface area contributed by atoms with Gasteiger partial charge in [-0.15, -0.1) is 0 Å². The summed E-state index contributed by atoms with van der Waals surface area (Å²) in [6.07, 6.45) is 0. The molecule has 0 bridgehead atoms. The summed E-state index contributed by atoms with van der Waals surface area (Å²) in [6, 6.07) is 4.38. The number of fused-ring (bicyclic) bond motifs is 1. The molecule has 0 atom stereocenters. The molecule has 0 radical (unpaired) electrons. The molecule has 0 aliphatic carbocycles. The number of phenols is 1. The highest BCUT2D eigenvalue weighted by atomic mass is 16.5. The fraction of sp³-hybridized carbons (Fsp3) is 0.182. The van der Waals surface area contributed by atoms with Crippen LogP contribution in [-0.2, 0) is 0 Å². The van der Waals surface area contributed by atoms with Gasteiger partial charge in [0, 0.05) is 0 Å². The summed E-state index contributed by atoms with van der Waals surface area (Å²) in [5, 5.41) is 19.4. The van der Waals surface area contributed by atoms with Crippen molar-refractivity contribution in [3.8, 4) is 17.2 Å². The molecule has 5 heteroatoms. The van der Waals surface area contributed by atoms with E-state index in [0.29, 0.717) is 0 Å². The summed E-state index contributed by atoms with van der Waals surface area (Å²) in [6.45, 7) is 1.89. The molecule has 2 N–H and O–H groups in total. The summed E-state index contributed by atoms with van der Waals surface area (Å²) in [5.41, 5.74) is -0.650. The molecular formula is C11H10O5. The fourth-order valence-corrected chi connectivity index (χ4v) is 1.47. The van der Waals surface area contributed by atoms with Gasteiger partial charge in [-0.1, -0.05) is 6.07 Å². The van der Waals surface area contributed by atoms with Crippen LogP contribution in [0.25, 0.3) is 11.0 Å². The van der Waals surface area contributed by atoms with Gasteiger partial charge < -0.3 is 19.4 Å². The Morgan fingerprint density at radius 1 is 1.38 bits per heavy atom. The van der Waals surface area contributed by atoms with Crippen LogP contribution in [0.4, 0.5) is 0 Å². The fourth-order valence-electron chi connectivity index (χ4n) is 1.47. The number of hydrogen-bond donors (Lipinski definition) is 2. The Bertz CT molecular complexity index is 585. The van der Waals surface area contributed by atoms with E-state index in [9.17, 15) is 15.0 Å². The molecule has 0 spiro atoms. The van der Waals surface area contributed by atoms with Crippen LogP contribution in [0.5, 0.6) is 17.2 Å². The van der Waals surface area contributed by atoms with Crippen molar-refractivity contribution in [3.63, 3.8) is 0 Å². The van der Waals surface area contributed by atoms with Gasteiger partial charge >= 0.3 is 5.63 Å². The van der Waals surface area contributed by atoms with Crippen molar-refractivity contribution in [1.82, 2.24) is 0 Å². The highest BCUT2D eigenvalue weighted by Crippen LogP contribution is 2.36. The number of benzene rings is 1. The lowest BCUT2D eigenvalue weighted by atomic mass is 10.2. The van der Waals surface area contributed by atoms with E-state index in [4.69, 9.17) is 9.15 Å². The lowest BCUT2D eigenvalue weighted by Crippen LogP contribution is -2.06. The topological polar surface area (TPSA) is 79.9 Å². The number of hydrogen-bond acceptors (Lipinski definition) is 5. The van der Waals surface area contributed by atoms with Gasteiger partial charge in [-0.3, -0.25) is 0 Å². The Balaban J connectivity index is 2.85. The Hall–Kier alpha value is -2.17. The number of ether oxygens (including phenoxy) is 1. The van der Waals surface area contributed by atoms with Gasteiger partial charge in [0.15, 0.2) is 5.75 Å². The van der Waals surface area contributed by atoms with Gasteiger partial charge in [0.2, 0.25) is 5.75 Å². The Labute approximate surface area is 90.5 Å². The quantitative estimate of drug-likeness (QED) is 0.754. The summed E-state index contributed by atoms with van der Waals surface area (Å²) in [7, 11) is 0. The van der Waals surface area contributed by atoms with Crippen molar-refractivity contribution in [2.75, 3.05) is 6.61 Å². The first-order valence-electron chi connectivity index (χ1n) is 4.75. The molecule has 0 amide bonds. The zero-order chi connectivity index (χ0) is 11.7. The predicted octanol–water partition coefficient (Wildman–Crippen LogP) is 1.60. The van der Waals surface area contributed by atoms with Crippen LogP contribution < -0.4 is 10.4 Å². The molecule has 0 saturated heterocycles. The van der Waals surface area contributed by atoms with Crippen molar-refractivity contribution in [1.29, 1.82) is 0 Å². The smallest absolute Gasteiger partial charge is 0.383 e. The van der Waals surface area contributed by atoms with E-state index in [1.807, 2.05) is 0 Å². The van der Waals surface area contributed by atoms with E-state index in [1.165, 1.54) is 18.2 Å². The molecule has 0 unspecified atom stereocenters. The number of aromatic hydroxyl groups is 2. The maximum Gasteiger partial charge on any atom is 0.383 e. The molecule has 84 valence electrons. The Morgan fingerprint density at radius 3 is 2.81 bits per heavy atom. The number of rotatable bonds is 2. The zero-order valence-corrected chi connectivity index (χ0v) is 8.56. The average Bonchev–Trinajstić information content (AvgIpc) is 2.24. The van der Waals surface area contributed by atoms with Crippen molar-refractivity contribution in [3.05, 3.63) is 28.6 Å². The third kappa shape index (κ3) is 1.46. The van der Waals surface area contributed by atoms with E-state index < -0.39 is 11.4 Å². The molecular weight excluding hydrogens is 212 g/mol. The van der Waals surface area contributed by atoms with Crippen LogP contribution >= 0.6 is 0 Å². The van der Waals surface area contributed by atoms with Crippen molar-refractivity contribution < 1.29 is 19.4 Å². The largest absolute Gasteiger partial charge is 0.507 e. The van der Waals surface area contributed by atoms with E-state index in [2.05, 4.69) is 0 Å². The number of phenolic OH excluding ortho intramolecular Hbond substituents is 1. The summed E-state index contributed by atoms with van der Waals surface area (Å²) in [5.74, 6) is -0.845. The van der Waals surface area contributed by atoms with Crippen LogP contribution in [0.15, 0.2) is 27.4 Å². The summed E-state index contributed by atoms with van der Waals surface area (Å²) < 4.78 is 9.87. The molecule has 0 saturated carbocycles. The average molecular weight is 222 g/mol. The van der Waals surface area contributed by atoms with Crippen LogP contribution in [0.1, 0.15) is 6.92 Å². The third-order valence-electron chi connectivity index (χ3n) is 2.13. The molecule has 1 aromatic heterocycles. The molecule has 0 aliphatic heterocycles. The molecule has 2 rings (SSSR count). The Morgan fingerprint density at radius 2 is 2.12 bits per heavy atom. The highest BCUT2D eigenvalue weighted by molar-refractivity contribution is 5.90. The first-order valence-corrected chi connectivity index (χ1v) is 4.75. The predicted molar refractivity (Wildman–Crippen MR) is 57.0 cm³/mol. The molecule has 16 heavy (non-hydrogen) atoms. The molecule has 0 fully saturated rings. The van der Waals surface area contributed by atoms with Gasteiger partial charge in [0.1, 0.15) is 16.7 Å². The maximum atomic E-state index is 11.4. The van der Waals surface area contributed by atoms with Crippen LogP contribution in [0.2, 0.25) is 0 Å². The van der Waals surface area contributed by atoms with Crippen molar-refractivity contribution in [2.24, 2.45) is 0 Å². The summed E-state index contributed by atoms with van der Waals surface area (Å²) in [4.78, 5) is 11.4.